The van der Waals surface area contributed by atoms with E-state index in [1.807, 2.05) is 6.07 Å². The molecule has 22 heavy (non-hydrogen) atoms. The molecule has 0 unspecified atom stereocenters. The first-order valence-electron chi connectivity index (χ1n) is 7.67. The topological polar surface area (TPSA) is 18.5 Å². The third-order valence-corrected chi connectivity index (χ3v) is 4.25. The Balaban J connectivity index is 1.56. The third kappa shape index (κ3) is 2.52. The molecular weight excluding hydrogens is 272 g/mol. The summed E-state index contributed by atoms with van der Waals surface area (Å²) in [5.74, 6) is 0.312. The minimum absolute atomic E-state index is 0.272. The number of fused-ring (bicyclic) bond motifs is 1. The average Bonchev–Trinajstić information content (AvgIpc) is 2.62. The Morgan fingerprint density at radius 1 is 0.682 bits per heavy atom. The van der Waals surface area contributed by atoms with Crippen LogP contribution in [0.2, 0.25) is 0 Å². The van der Waals surface area contributed by atoms with Crippen molar-refractivity contribution >= 4 is 10.8 Å². The maximum Gasteiger partial charge on any atom is 0.184 e. The number of benzene rings is 3. The second kappa shape index (κ2) is 5.91. The zero-order chi connectivity index (χ0) is 14.8. The van der Waals surface area contributed by atoms with Gasteiger partial charge in [0, 0.05) is 11.5 Å². The summed E-state index contributed by atoms with van der Waals surface area (Å²) < 4.78 is 12.0. The van der Waals surface area contributed by atoms with E-state index in [2.05, 4.69) is 66.7 Å². The van der Waals surface area contributed by atoms with Crippen molar-refractivity contribution in [3.63, 3.8) is 0 Å². The van der Waals surface area contributed by atoms with Crippen LogP contribution < -0.4 is 0 Å². The van der Waals surface area contributed by atoms with Gasteiger partial charge in [-0.3, -0.25) is 0 Å². The van der Waals surface area contributed by atoms with Gasteiger partial charge in [-0.2, -0.15) is 0 Å². The van der Waals surface area contributed by atoms with E-state index in [0.717, 1.165) is 5.56 Å². The monoisotopic (exact) mass is 290 g/mol. The molecule has 1 aliphatic heterocycles. The van der Waals surface area contributed by atoms with Gasteiger partial charge in [0.15, 0.2) is 6.29 Å². The van der Waals surface area contributed by atoms with Crippen molar-refractivity contribution in [2.75, 3.05) is 13.2 Å². The molecule has 0 aliphatic carbocycles. The summed E-state index contributed by atoms with van der Waals surface area (Å²) in [6.45, 7) is 1.38. The molecule has 0 spiro atoms. The summed E-state index contributed by atoms with van der Waals surface area (Å²) in [4.78, 5) is 0. The van der Waals surface area contributed by atoms with Gasteiger partial charge >= 0.3 is 0 Å². The molecule has 1 aliphatic rings. The predicted molar refractivity (Wildman–Crippen MR) is 87.8 cm³/mol. The quantitative estimate of drug-likeness (QED) is 0.683. The standard InChI is InChI=1S/C20H18O2/c1-2-7-15(8-3-1)17-13-21-20(22-14-17)19-12-6-10-16-9-4-5-11-18(16)19/h1-12,17,20H,13-14H2. The van der Waals surface area contributed by atoms with Crippen LogP contribution in [0, 0.1) is 0 Å². The maximum atomic E-state index is 6.02. The number of hydrogen-bond acceptors (Lipinski definition) is 2. The summed E-state index contributed by atoms with van der Waals surface area (Å²) >= 11 is 0. The second-order valence-corrected chi connectivity index (χ2v) is 5.67. The summed E-state index contributed by atoms with van der Waals surface area (Å²) in [5, 5.41) is 2.42. The van der Waals surface area contributed by atoms with Gasteiger partial charge in [0.2, 0.25) is 0 Å². The highest BCUT2D eigenvalue weighted by Crippen LogP contribution is 2.33. The van der Waals surface area contributed by atoms with Crippen molar-refractivity contribution < 1.29 is 9.47 Å². The highest BCUT2D eigenvalue weighted by Gasteiger charge is 2.25. The molecule has 0 bridgehead atoms. The Kier molecular flexibility index (Phi) is 3.63. The highest BCUT2D eigenvalue weighted by molar-refractivity contribution is 5.85. The molecule has 1 saturated heterocycles. The van der Waals surface area contributed by atoms with Crippen molar-refractivity contribution in [2.24, 2.45) is 0 Å². The SMILES string of the molecule is c1ccc(C2COC(c3cccc4ccccc34)OC2)cc1. The van der Waals surface area contributed by atoms with Crippen LogP contribution in [0.4, 0.5) is 0 Å². The van der Waals surface area contributed by atoms with Crippen molar-refractivity contribution in [1.82, 2.24) is 0 Å². The van der Waals surface area contributed by atoms with Crippen LogP contribution in [-0.4, -0.2) is 13.2 Å². The van der Waals surface area contributed by atoms with E-state index in [1.54, 1.807) is 0 Å². The lowest BCUT2D eigenvalue weighted by Crippen LogP contribution is -2.25. The van der Waals surface area contributed by atoms with Gasteiger partial charge in [0.05, 0.1) is 13.2 Å². The van der Waals surface area contributed by atoms with E-state index < -0.39 is 0 Å². The van der Waals surface area contributed by atoms with Gasteiger partial charge in [0.25, 0.3) is 0 Å². The van der Waals surface area contributed by atoms with Gasteiger partial charge in [-0.05, 0) is 16.3 Å². The molecule has 1 heterocycles. The normalized spacial score (nSPS) is 21.8. The summed E-state index contributed by atoms with van der Waals surface area (Å²) in [6, 6.07) is 25.1. The average molecular weight is 290 g/mol. The molecule has 0 saturated carbocycles. The molecule has 4 rings (SSSR count). The molecule has 0 radical (unpaired) electrons. The number of ether oxygens (including phenoxy) is 2. The molecule has 3 aromatic carbocycles. The molecule has 2 heteroatoms. The van der Waals surface area contributed by atoms with Gasteiger partial charge < -0.3 is 9.47 Å². The van der Waals surface area contributed by atoms with E-state index in [9.17, 15) is 0 Å². The first-order valence-corrected chi connectivity index (χ1v) is 7.67. The lowest BCUT2D eigenvalue weighted by molar-refractivity contribution is -0.191. The van der Waals surface area contributed by atoms with Gasteiger partial charge in [0.1, 0.15) is 0 Å². The fourth-order valence-corrected chi connectivity index (χ4v) is 3.06. The Morgan fingerprint density at radius 3 is 2.18 bits per heavy atom. The van der Waals surface area contributed by atoms with E-state index >= 15 is 0 Å². The van der Waals surface area contributed by atoms with Crippen LogP contribution >= 0.6 is 0 Å². The molecule has 3 aromatic rings. The van der Waals surface area contributed by atoms with Crippen molar-refractivity contribution in [2.45, 2.75) is 12.2 Å². The Morgan fingerprint density at radius 2 is 1.36 bits per heavy atom. The summed E-state index contributed by atoms with van der Waals surface area (Å²) in [5.41, 5.74) is 2.39. The first kappa shape index (κ1) is 13.5. The first-order chi connectivity index (χ1) is 10.9. The summed E-state index contributed by atoms with van der Waals surface area (Å²) in [7, 11) is 0. The van der Waals surface area contributed by atoms with Crippen LogP contribution in [0.15, 0.2) is 72.8 Å². The summed E-state index contributed by atoms with van der Waals surface area (Å²) in [6.07, 6.45) is -0.272. The van der Waals surface area contributed by atoms with E-state index in [4.69, 9.17) is 9.47 Å². The van der Waals surface area contributed by atoms with Crippen molar-refractivity contribution in [3.05, 3.63) is 83.9 Å². The van der Waals surface area contributed by atoms with Crippen molar-refractivity contribution in [1.29, 1.82) is 0 Å². The fraction of sp³-hybridized carbons (Fsp3) is 0.200. The Bertz CT molecular complexity index is 754. The largest absolute Gasteiger partial charge is 0.348 e. The van der Waals surface area contributed by atoms with Crippen LogP contribution in [0.5, 0.6) is 0 Å². The second-order valence-electron chi connectivity index (χ2n) is 5.67. The zero-order valence-electron chi connectivity index (χ0n) is 12.3. The van der Waals surface area contributed by atoms with Crippen LogP contribution in [-0.2, 0) is 9.47 Å². The van der Waals surface area contributed by atoms with Crippen LogP contribution in [0.3, 0.4) is 0 Å². The molecule has 0 amide bonds. The lowest BCUT2D eigenvalue weighted by Gasteiger charge is -2.30. The van der Waals surface area contributed by atoms with Crippen LogP contribution in [0.1, 0.15) is 23.3 Å². The molecule has 2 nitrogen and oxygen atoms in total. The van der Waals surface area contributed by atoms with Crippen LogP contribution in [0.25, 0.3) is 10.8 Å². The molecule has 1 fully saturated rings. The highest BCUT2D eigenvalue weighted by atomic mass is 16.7. The van der Waals surface area contributed by atoms with Gasteiger partial charge in [-0.1, -0.05) is 72.8 Å². The molecule has 110 valence electrons. The minimum atomic E-state index is -0.272. The number of rotatable bonds is 2. The van der Waals surface area contributed by atoms with E-state index in [-0.39, 0.29) is 6.29 Å². The minimum Gasteiger partial charge on any atom is -0.348 e. The van der Waals surface area contributed by atoms with Gasteiger partial charge in [-0.15, -0.1) is 0 Å². The zero-order valence-corrected chi connectivity index (χ0v) is 12.3. The lowest BCUT2D eigenvalue weighted by atomic mass is 9.99. The van der Waals surface area contributed by atoms with Crippen molar-refractivity contribution in [3.8, 4) is 0 Å². The van der Waals surface area contributed by atoms with Gasteiger partial charge in [-0.25, -0.2) is 0 Å². The molecule has 0 aromatic heterocycles. The maximum absolute atomic E-state index is 6.02. The molecular formula is C20H18O2. The fourth-order valence-electron chi connectivity index (χ4n) is 3.06. The van der Waals surface area contributed by atoms with E-state index in [1.165, 1.54) is 16.3 Å². The predicted octanol–water partition coefficient (Wildman–Crippen LogP) is 4.67. The van der Waals surface area contributed by atoms with E-state index in [0.29, 0.717) is 19.1 Å². The Hall–Kier alpha value is -2.16. The molecule has 0 N–H and O–H groups in total. The smallest absolute Gasteiger partial charge is 0.184 e. The molecule has 0 atom stereocenters. The third-order valence-electron chi connectivity index (χ3n) is 4.25. The number of hydrogen-bond donors (Lipinski definition) is 0. The Labute approximate surface area is 130 Å².